The van der Waals surface area contributed by atoms with Gasteiger partial charge in [-0.3, -0.25) is 0 Å². The fourth-order valence-corrected chi connectivity index (χ4v) is 4.03. The summed E-state index contributed by atoms with van der Waals surface area (Å²) in [7, 11) is 0. The number of aromatic hydroxyl groups is 1. The molecule has 0 aromatic heterocycles. The van der Waals surface area contributed by atoms with Crippen molar-refractivity contribution in [1.29, 1.82) is 0 Å². The van der Waals surface area contributed by atoms with Crippen molar-refractivity contribution in [3.63, 3.8) is 0 Å². The summed E-state index contributed by atoms with van der Waals surface area (Å²) in [5.74, 6) is 1.05. The molecule has 0 amide bonds. The summed E-state index contributed by atoms with van der Waals surface area (Å²) in [6.07, 6.45) is 2.18. The van der Waals surface area contributed by atoms with E-state index in [1.165, 1.54) is 0 Å². The SMILES string of the molecule is CCN(CC)CCCCOc1ccc(/C(=C(/Cl)c2cccc(O)c2)c2ccccc2)cc1. The number of benzene rings is 3. The minimum Gasteiger partial charge on any atom is -0.508 e. The number of phenols is 1. The zero-order chi connectivity index (χ0) is 22.8. The summed E-state index contributed by atoms with van der Waals surface area (Å²) in [4.78, 5) is 2.43. The van der Waals surface area contributed by atoms with E-state index in [4.69, 9.17) is 16.3 Å². The molecule has 3 aromatic carbocycles. The first-order valence-electron chi connectivity index (χ1n) is 11.3. The van der Waals surface area contributed by atoms with Crippen LogP contribution < -0.4 is 4.74 Å². The monoisotopic (exact) mass is 449 g/mol. The van der Waals surface area contributed by atoms with Crippen LogP contribution in [0, 0.1) is 0 Å². The molecule has 0 heterocycles. The predicted octanol–water partition coefficient (Wildman–Crippen LogP) is 7.05. The maximum atomic E-state index is 9.90. The van der Waals surface area contributed by atoms with E-state index < -0.39 is 0 Å². The Morgan fingerprint density at radius 3 is 2.12 bits per heavy atom. The third-order valence-electron chi connectivity index (χ3n) is 5.56. The number of rotatable bonds is 11. The van der Waals surface area contributed by atoms with E-state index in [0.29, 0.717) is 11.6 Å². The summed E-state index contributed by atoms with van der Waals surface area (Å²) in [5, 5.41) is 10.5. The third-order valence-corrected chi connectivity index (χ3v) is 5.96. The van der Waals surface area contributed by atoms with Gasteiger partial charge in [0, 0.05) is 5.57 Å². The van der Waals surface area contributed by atoms with E-state index >= 15 is 0 Å². The van der Waals surface area contributed by atoms with Gasteiger partial charge in [0.25, 0.3) is 0 Å². The number of hydrogen-bond acceptors (Lipinski definition) is 3. The summed E-state index contributed by atoms with van der Waals surface area (Å²) >= 11 is 6.85. The lowest BCUT2D eigenvalue weighted by molar-refractivity contribution is 0.266. The van der Waals surface area contributed by atoms with Gasteiger partial charge < -0.3 is 14.7 Å². The first kappa shape index (κ1) is 23.9. The lowest BCUT2D eigenvalue weighted by atomic mass is 9.95. The minimum atomic E-state index is 0.192. The van der Waals surface area contributed by atoms with Crippen LogP contribution in [-0.4, -0.2) is 36.2 Å². The Kier molecular flexibility index (Phi) is 9.21. The number of nitrogens with zero attached hydrogens (tertiary/aromatic N) is 1. The molecule has 3 aromatic rings. The highest BCUT2D eigenvalue weighted by atomic mass is 35.5. The van der Waals surface area contributed by atoms with Crippen molar-refractivity contribution in [2.75, 3.05) is 26.2 Å². The van der Waals surface area contributed by atoms with Crippen molar-refractivity contribution < 1.29 is 9.84 Å². The lowest BCUT2D eigenvalue weighted by Crippen LogP contribution is -2.24. The molecule has 0 spiro atoms. The van der Waals surface area contributed by atoms with Crippen LogP contribution in [0.25, 0.3) is 10.6 Å². The lowest BCUT2D eigenvalue weighted by Gasteiger charge is -2.17. The molecule has 3 rings (SSSR count). The smallest absolute Gasteiger partial charge is 0.119 e. The molecule has 1 N–H and O–H groups in total. The van der Waals surface area contributed by atoms with Gasteiger partial charge in [-0.1, -0.05) is 80.0 Å². The molecule has 168 valence electrons. The molecule has 3 nitrogen and oxygen atoms in total. The van der Waals surface area contributed by atoms with Gasteiger partial charge in [0.15, 0.2) is 0 Å². The number of ether oxygens (including phenoxy) is 1. The van der Waals surface area contributed by atoms with Crippen LogP contribution in [0.3, 0.4) is 0 Å². The number of hydrogen-bond donors (Lipinski definition) is 1. The normalized spacial score (nSPS) is 12.0. The topological polar surface area (TPSA) is 32.7 Å². The highest BCUT2D eigenvalue weighted by Crippen LogP contribution is 2.36. The van der Waals surface area contributed by atoms with Gasteiger partial charge in [0.05, 0.1) is 11.6 Å². The summed E-state index contributed by atoms with van der Waals surface area (Å²) in [6, 6.07) is 25.2. The fraction of sp³-hybridized carbons (Fsp3) is 0.286. The first-order valence-corrected chi connectivity index (χ1v) is 11.7. The summed E-state index contributed by atoms with van der Waals surface area (Å²) in [6.45, 7) is 8.43. The molecule has 0 saturated heterocycles. The number of unbranched alkanes of at least 4 members (excludes halogenated alkanes) is 1. The Morgan fingerprint density at radius 2 is 1.47 bits per heavy atom. The van der Waals surface area contributed by atoms with E-state index in [0.717, 1.165) is 60.5 Å². The van der Waals surface area contributed by atoms with Crippen molar-refractivity contribution >= 4 is 22.2 Å². The van der Waals surface area contributed by atoms with Crippen LogP contribution >= 0.6 is 11.6 Å². The van der Waals surface area contributed by atoms with Crippen molar-refractivity contribution in [1.82, 2.24) is 4.90 Å². The molecule has 0 radical (unpaired) electrons. The second kappa shape index (κ2) is 12.3. The van der Waals surface area contributed by atoms with Gasteiger partial charge in [0.1, 0.15) is 11.5 Å². The van der Waals surface area contributed by atoms with Gasteiger partial charge in [-0.15, -0.1) is 0 Å². The Morgan fingerprint density at radius 1 is 0.812 bits per heavy atom. The molecule has 0 fully saturated rings. The quantitative estimate of drug-likeness (QED) is 0.251. The molecule has 0 saturated carbocycles. The van der Waals surface area contributed by atoms with Crippen LogP contribution in [0.5, 0.6) is 11.5 Å². The highest BCUT2D eigenvalue weighted by Gasteiger charge is 2.13. The van der Waals surface area contributed by atoms with Crippen molar-refractivity contribution in [3.8, 4) is 11.5 Å². The molecule has 0 aliphatic carbocycles. The Labute approximate surface area is 196 Å². The standard InChI is InChI=1S/C28H32ClNO2/c1-3-30(4-2)19-8-9-20-32-26-17-15-23(16-18-26)27(22-11-6-5-7-12-22)28(29)24-13-10-14-25(31)21-24/h5-7,10-18,21,31H,3-4,8-9,19-20H2,1-2H3/b28-27+. The van der Waals surface area contributed by atoms with Crippen LogP contribution in [0.15, 0.2) is 78.9 Å². The van der Waals surface area contributed by atoms with Crippen molar-refractivity contribution in [2.24, 2.45) is 0 Å². The maximum absolute atomic E-state index is 9.90. The first-order chi connectivity index (χ1) is 15.6. The predicted molar refractivity (Wildman–Crippen MR) is 135 cm³/mol. The highest BCUT2D eigenvalue weighted by molar-refractivity contribution is 6.53. The second-order valence-electron chi connectivity index (χ2n) is 7.71. The van der Waals surface area contributed by atoms with Gasteiger partial charge in [0.2, 0.25) is 0 Å². The Balaban J connectivity index is 1.75. The number of halogens is 1. The molecular formula is C28H32ClNO2. The Bertz CT molecular complexity index is 995. The van der Waals surface area contributed by atoms with Gasteiger partial charge in [-0.2, -0.15) is 0 Å². The van der Waals surface area contributed by atoms with Crippen molar-refractivity contribution in [2.45, 2.75) is 26.7 Å². The van der Waals surface area contributed by atoms with E-state index in [9.17, 15) is 5.11 Å². The van der Waals surface area contributed by atoms with E-state index in [1.807, 2.05) is 60.7 Å². The molecule has 0 unspecified atom stereocenters. The van der Waals surface area contributed by atoms with E-state index in [-0.39, 0.29) is 5.75 Å². The van der Waals surface area contributed by atoms with Gasteiger partial charge in [-0.25, -0.2) is 0 Å². The Hall–Kier alpha value is -2.75. The molecule has 4 heteroatoms. The third kappa shape index (κ3) is 6.62. The largest absolute Gasteiger partial charge is 0.508 e. The summed E-state index contributed by atoms with van der Waals surface area (Å²) < 4.78 is 5.96. The summed E-state index contributed by atoms with van der Waals surface area (Å²) in [5.41, 5.74) is 3.71. The van der Waals surface area contributed by atoms with Crippen LogP contribution in [0.4, 0.5) is 0 Å². The van der Waals surface area contributed by atoms with Crippen LogP contribution in [-0.2, 0) is 0 Å². The molecule has 0 atom stereocenters. The van der Waals surface area contributed by atoms with Crippen LogP contribution in [0.2, 0.25) is 0 Å². The average molecular weight is 450 g/mol. The average Bonchev–Trinajstić information content (AvgIpc) is 2.83. The number of phenolic OH excluding ortho intramolecular Hbond substituents is 1. The van der Waals surface area contributed by atoms with Crippen molar-refractivity contribution in [3.05, 3.63) is 95.6 Å². The molecule has 0 bridgehead atoms. The molecule has 0 aliphatic rings. The van der Waals surface area contributed by atoms with Crippen LogP contribution in [0.1, 0.15) is 43.4 Å². The maximum Gasteiger partial charge on any atom is 0.119 e. The molecule has 32 heavy (non-hydrogen) atoms. The van der Waals surface area contributed by atoms with E-state index in [2.05, 4.69) is 18.7 Å². The second-order valence-corrected chi connectivity index (χ2v) is 8.09. The van der Waals surface area contributed by atoms with Gasteiger partial charge >= 0.3 is 0 Å². The van der Waals surface area contributed by atoms with E-state index in [1.54, 1.807) is 18.2 Å². The molecular weight excluding hydrogens is 418 g/mol. The minimum absolute atomic E-state index is 0.192. The fourth-order valence-electron chi connectivity index (χ4n) is 3.70. The zero-order valence-corrected chi connectivity index (χ0v) is 19.7. The van der Waals surface area contributed by atoms with Gasteiger partial charge in [-0.05, 0) is 73.4 Å². The zero-order valence-electron chi connectivity index (χ0n) is 18.9. The molecule has 0 aliphatic heterocycles.